The van der Waals surface area contributed by atoms with Crippen LogP contribution in [0.5, 0.6) is 0 Å². The van der Waals surface area contributed by atoms with E-state index in [-0.39, 0.29) is 5.91 Å². The largest absolute Gasteiger partial charge is 0.411 e. The smallest absolute Gasteiger partial charge is 0.265 e. The van der Waals surface area contributed by atoms with Crippen molar-refractivity contribution in [3.8, 4) is 0 Å². The molecule has 0 unspecified atom stereocenters. The maximum Gasteiger partial charge on any atom is 0.265 e. The van der Waals surface area contributed by atoms with Gasteiger partial charge in [-0.2, -0.15) is 0 Å². The fraction of sp³-hybridized carbons (Fsp3) is 0.429. The van der Waals surface area contributed by atoms with Crippen LogP contribution in [0.25, 0.3) is 0 Å². The first kappa shape index (κ1) is 15.2. The monoisotopic (exact) mass is 263 g/mol. The minimum atomic E-state index is -0.367. The van der Waals surface area contributed by atoms with E-state index >= 15 is 0 Å². The van der Waals surface area contributed by atoms with E-state index in [1.165, 1.54) is 5.56 Å². The zero-order chi connectivity index (χ0) is 13.9. The normalized spacial score (nSPS) is 11.1. The number of nitrogens with one attached hydrogen (secondary N) is 1. The molecular formula is C14H21N3O2. The molecule has 19 heavy (non-hydrogen) atoms. The van der Waals surface area contributed by atoms with Gasteiger partial charge in [-0.05, 0) is 18.5 Å². The molecule has 0 spiro atoms. The molecule has 0 saturated heterocycles. The molecule has 0 aliphatic heterocycles. The Morgan fingerprint density at radius 1 is 1.42 bits per heavy atom. The SMILES string of the molecule is CCN(CCCNC(=O)/C=N\O)Cc1ccccc1. The maximum absolute atomic E-state index is 11.0. The fourth-order valence-electron chi connectivity index (χ4n) is 1.80. The fourth-order valence-corrected chi connectivity index (χ4v) is 1.80. The minimum Gasteiger partial charge on any atom is -0.411 e. The third kappa shape index (κ3) is 6.57. The average molecular weight is 263 g/mol. The molecule has 0 atom stereocenters. The van der Waals surface area contributed by atoms with Crippen molar-refractivity contribution in [2.45, 2.75) is 19.9 Å². The summed E-state index contributed by atoms with van der Waals surface area (Å²) in [4.78, 5) is 13.3. The Morgan fingerprint density at radius 2 is 2.16 bits per heavy atom. The minimum absolute atomic E-state index is 0.367. The van der Waals surface area contributed by atoms with Gasteiger partial charge in [-0.1, -0.05) is 42.4 Å². The van der Waals surface area contributed by atoms with Gasteiger partial charge >= 0.3 is 0 Å². The van der Waals surface area contributed by atoms with Crippen LogP contribution in [0, 0.1) is 0 Å². The van der Waals surface area contributed by atoms with Crippen LogP contribution in [-0.2, 0) is 11.3 Å². The van der Waals surface area contributed by atoms with Crippen LogP contribution < -0.4 is 5.32 Å². The quantitative estimate of drug-likeness (QED) is 0.323. The first-order valence-corrected chi connectivity index (χ1v) is 6.47. The van der Waals surface area contributed by atoms with Crippen molar-refractivity contribution in [3.63, 3.8) is 0 Å². The van der Waals surface area contributed by atoms with Crippen LogP contribution in [0.3, 0.4) is 0 Å². The summed E-state index contributed by atoms with van der Waals surface area (Å²) in [7, 11) is 0. The molecule has 0 radical (unpaired) electrons. The summed E-state index contributed by atoms with van der Waals surface area (Å²) in [5.74, 6) is -0.367. The summed E-state index contributed by atoms with van der Waals surface area (Å²) in [6.07, 6.45) is 1.73. The average Bonchev–Trinajstić information content (AvgIpc) is 2.43. The number of rotatable bonds is 8. The van der Waals surface area contributed by atoms with Crippen LogP contribution in [0.1, 0.15) is 18.9 Å². The molecule has 1 rings (SSSR count). The molecule has 2 N–H and O–H groups in total. The van der Waals surface area contributed by atoms with Crippen molar-refractivity contribution in [1.29, 1.82) is 0 Å². The molecule has 0 fully saturated rings. The highest BCUT2D eigenvalue weighted by Gasteiger charge is 2.03. The van der Waals surface area contributed by atoms with Crippen molar-refractivity contribution >= 4 is 12.1 Å². The number of nitrogens with zero attached hydrogens (tertiary/aromatic N) is 2. The third-order valence-corrected chi connectivity index (χ3v) is 2.82. The summed E-state index contributed by atoms with van der Waals surface area (Å²) in [5.41, 5.74) is 1.29. The van der Waals surface area contributed by atoms with E-state index in [1.807, 2.05) is 18.2 Å². The van der Waals surface area contributed by atoms with E-state index in [1.54, 1.807) is 0 Å². The Labute approximate surface area is 113 Å². The third-order valence-electron chi connectivity index (χ3n) is 2.82. The first-order chi connectivity index (χ1) is 9.26. The van der Waals surface area contributed by atoms with Crippen LogP contribution in [-0.4, -0.2) is 41.9 Å². The standard InChI is InChI=1S/C14H21N3O2/c1-2-17(12-13-7-4-3-5-8-13)10-6-9-15-14(18)11-16-19/h3-5,7-8,11,19H,2,6,9-10,12H2,1H3,(H,15,18)/b16-11-. The van der Waals surface area contributed by atoms with E-state index in [0.29, 0.717) is 6.54 Å². The predicted molar refractivity (Wildman–Crippen MR) is 75.3 cm³/mol. The van der Waals surface area contributed by atoms with Gasteiger partial charge in [0.2, 0.25) is 0 Å². The molecule has 0 aliphatic carbocycles. The number of hydrogen-bond acceptors (Lipinski definition) is 4. The Kier molecular flexibility index (Phi) is 7.27. The second-order valence-electron chi connectivity index (χ2n) is 4.24. The Morgan fingerprint density at radius 3 is 2.79 bits per heavy atom. The molecule has 1 aromatic rings. The summed E-state index contributed by atoms with van der Waals surface area (Å²) in [6.45, 7) is 5.52. The molecule has 0 aromatic heterocycles. The highest BCUT2D eigenvalue weighted by atomic mass is 16.4. The summed E-state index contributed by atoms with van der Waals surface area (Å²) >= 11 is 0. The van der Waals surface area contributed by atoms with Crippen molar-refractivity contribution in [2.24, 2.45) is 5.16 Å². The van der Waals surface area contributed by atoms with Crippen molar-refractivity contribution in [1.82, 2.24) is 10.2 Å². The Hall–Kier alpha value is -1.88. The van der Waals surface area contributed by atoms with Gasteiger partial charge in [0.15, 0.2) is 0 Å². The zero-order valence-electron chi connectivity index (χ0n) is 11.2. The van der Waals surface area contributed by atoms with Gasteiger partial charge in [0.25, 0.3) is 5.91 Å². The number of benzene rings is 1. The van der Waals surface area contributed by atoms with Crippen LogP contribution in [0.2, 0.25) is 0 Å². The topological polar surface area (TPSA) is 64.9 Å². The number of carbonyl (C=O) groups excluding carboxylic acids is 1. The highest BCUT2D eigenvalue weighted by molar-refractivity contribution is 6.25. The van der Waals surface area contributed by atoms with E-state index in [9.17, 15) is 4.79 Å². The molecular weight excluding hydrogens is 242 g/mol. The van der Waals surface area contributed by atoms with E-state index in [4.69, 9.17) is 5.21 Å². The first-order valence-electron chi connectivity index (χ1n) is 6.47. The van der Waals surface area contributed by atoms with Crippen molar-refractivity contribution in [2.75, 3.05) is 19.6 Å². The molecule has 1 amide bonds. The summed E-state index contributed by atoms with van der Waals surface area (Å²) < 4.78 is 0. The van der Waals surface area contributed by atoms with Crippen molar-refractivity contribution < 1.29 is 10.0 Å². The van der Waals surface area contributed by atoms with E-state index < -0.39 is 0 Å². The maximum atomic E-state index is 11.0. The van der Waals surface area contributed by atoms with E-state index in [2.05, 4.69) is 34.4 Å². The number of carbonyl (C=O) groups is 1. The lowest BCUT2D eigenvalue weighted by molar-refractivity contribution is -0.114. The van der Waals surface area contributed by atoms with Gasteiger partial charge in [-0.25, -0.2) is 0 Å². The van der Waals surface area contributed by atoms with Crippen molar-refractivity contribution in [3.05, 3.63) is 35.9 Å². The zero-order valence-corrected chi connectivity index (χ0v) is 11.2. The second-order valence-corrected chi connectivity index (χ2v) is 4.24. The molecule has 0 saturated carbocycles. The molecule has 0 bridgehead atoms. The second kappa shape index (κ2) is 9.10. The Bertz CT molecular complexity index is 393. The molecule has 1 aromatic carbocycles. The number of hydrogen-bond donors (Lipinski definition) is 2. The lowest BCUT2D eigenvalue weighted by Crippen LogP contribution is -2.30. The summed E-state index contributed by atoms with van der Waals surface area (Å²) in [6, 6.07) is 10.3. The number of amides is 1. The number of oxime groups is 1. The van der Waals surface area contributed by atoms with Gasteiger partial charge in [-0.15, -0.1) is 0 Å². The highest BCUT2D eigenvalue weighted by Crippen LogP contribution is 2.04. The predicted octanol–water partition coefficient (Wildman–Crippen LogP) is 1.47. The summed E-state index contributed by atoms with van der Waals surface area (Å²) in [5, 5.41) is 13.5. The lowest BCUT2D eigenvalue weighted by atomic mass is 10.2. The van der Waals surface area contributed by atoms with Gasteiger partial charge in [0, 0.05) is 19.6 Å². The van der Waals surface area contributed by atoms with Gasteiger partial charge in [0.05, 0.1) is 0 Å². The van der Waals surface area contributed by atoms with Crippen LogP contribution in [0.4, 0.5) is 0 Å². The van der Waals surface area contributed by atoms with Gasteiger partial charge in [0.1, 0.15) is 6.21 Å². The van der Waals surface area contributed by atoms with Crippen LogP contribution in [0.15, 0.2) is 35.5 Å². The molecule has 5 heteroatoms. The molecule has 104 valence electrons. The molecule has 0 heterocycles. The van der Waals surface area contributed by atoms with Crippen LogP contribution >= 0.6 is 0 Å². The van der Waals surface area contributed by atoms with E-state index in [0.717, 1.165) is 32.3 Å². The molecule has 0 aliphatic rings. The Balaban J connectivity index is 2.24. The lowest BCUT2D eigenvalue weighted by Gasteiger charge is -2.20. The van der Waals surface area contributed by atoms with Gasteiger partial charge in [-0.3, -0.25) is 9.69 Å². The van der Waals surface area contributed by atoms with Gasteiger partial charge < -0.3 is 10.5 Å². The molecule has 5 nitrogen and oxygen atoms in total.